The Morgan fingerprint density at radius 3 is 2.43 bits per heavy atom. The number of nitrogens with two attached hydrogens (primary N) is 1. The van der Waals surface area contributed by atoms with Crippen LogP contribution in [-0.4, -0.2) is 53.0 Å². The number of nitrogens with one attached hydrogen (secondary N) is 1. The molecular weight excluding hydrogens is 300 g/mol. The number of aliphatic hydroxyl groups is 1. The fraction of sp³-hybridized carbons (Fsp3) is 0.750. The Bertz CT molecular complexity index is 459. The predicted octanol–water partition coefficient (Wildman–Crippen LogP) is 0.560. The van der Waals surface area contributed by atoms with Gasteiger partial charge in [0, 0.05) is 25.1 Å². The highest BCUT2D eigenvalue weighted by molar-refractivity contribution is 5.88. The molecule has 0 radical (unpaired) electrons. The third-order valence-electron chi connectivity index (χ3n) is 4.22. The van der Waals surface area contributed by atoms with Gasteiger partial charge in [-0.2, -0.15) is 0 Å². The first-order valence-electron chi connectivity index (χ1n) is 8.09. The van der Waals surface area contributed by atoms with Crippen LogP contribution in [0.4, 0.5) is 0 Å². The SMILES string of the molecule is CCC(CC)O[C@@H]1C(CCO)=C(C(=O)O)C[C@H](N)[C@H]1NC(C)=O. The molecule has 132 valence electrons. The highest BCUT2D eigenvalue weighted by atomic mass is 16.5. The molecule has 0 bridgehead atoms. The van der Waals surface area contributed by atoms with E-state index in [0.29, 0.717) is 5.57 Å². The van der Waals surface area contributed by atoms with Gasteiger partial charge in [-0.15, -0.1) is 0 Å². The van der Waals surface area contributed by atoms with Gasteiger partial charge in [-0.1, -0.05) is 13.8 Å². The minimum Gasteiger partial charge on any atom is -0.478 e. The number of carbonyl (C=O) groups is 2. The Hall–Kier alpha value is -1.44. The Labute approximate surface area is 136 Å². The summed E-state index contributed by atoms with van der Waals surface area (Å²) < 4.78 is 6.09. The average molecular weight is 328 g/mol. The van der Waals surface area contributed by atoms with Crippen LogP contribution in [0.2, 0.25) is 0 Å². The monoisotopic (exact) mass is 328 g/mol. The zero-order valence-corrected chi connectivity index (χ0v) is 14.0. The smallest absolute Gasteiger partial charge is 0.331 e. The Balaban J connectivity index is 3.26. The summed E-state index contributed by atoms with van der Waals surface area (Å²) in [6.45, 7) is 5.18. The molecule has 1 aliphatic rings. The number of carbonyl (C=O) groups excluding carboxylic acids is 1. The number of ether oxygens (including phenoxy) is 1. The average Bonchev–Trinajstić information content (AvgIpc) is 2.49. The van der Waals surface area contributed by atoms with Gasteiger partial charge in [0.2, 0.25) is 5.91 Å². The summed E-state index contributed by atoms with van der Waals surface area (Å²) in [5.41, 5.74) is 6.81. The van der Waals surface area contributed by atoms with Crippen LogP contribution in [0.3, 0.4) is 0 Å². The number of hydrogen-bond donors (Lipinski definition) is 4. The van der Waals surface area contributed by atoms with Gasteiger partial charge in [-0.05, 0) is 31.3 Å². The first kappa shape index (κ1) is 19.6. The van der Waals surface area contributed by atoms with Crippen LogP contribution in [0.5, 0.6) is 0 Å². The molecule has 7 heteroatoms. The zero-order chi connectivity index (χ0) is 17.6. The molecular formula is C16H28N2O5. The van der Waals surface area contributed by atoms with Crippen molar-refractivity contribution in [3.05, 3.63) is 11.1 Å². The summed E-state index contributed by atoms with van der Waals surface area (Å²) in [5, 5.41) is 21.6. The van der Waals surface area contributed by atoms with Crippen molar-refractivity contribution < 1.29 is 24.5 Å². The molecule has 0 aromatic rings. The van der Waals surface area contributed by atoms with Gasteiger partial charge in [-0.25, -0.2) is 4.79 Å². The van der Waals surface area contributed by atoms with Crippen molar-refractivity contribution in [2.45, 2.75) is 70.7 Å². The quantitative estimate of drug-likeness (QED) is 0.516. The molecule has 0 saturated heterocycles. The molecule has 5 N–H and O–H groups in total. The van der Waals surface area contributed by atoms with E-state index < -0.39 is 24.2 Å². The summed E-state index contributed by atoms with van der Waals surface area (Å²) >= 11 is 0. The van der Waals surface area contributed by atoms with E-state index in [1.807, 2.05) is 13.8 Å². The van der Waals surface area contributed by atoms with Crippen LogP contribution in [0.1, 0.15) is 46.5 Å². The van der Waals surface area contributed by atoms with Crippen LogP contribution in [-0.2, 0) is 14.3 Å². The molecule has 0 spiro atoms. The Kier molecular flexibility index (Phi) is 7.67. The van der Waals surface area contributed by atoms with E-state index in [9.17, 15) is 19.8 Å². The maximum atomic E-state index is 11.5. The first-order valence-corrected chi connectivity index (χ1v) is 8.09. The summed E-state index contributed by atoms with van der Waals surface area (Å²) in [7, 11) is 0. The third-order valence-corrected chi connectivity index (χ3v) is 4.22. The van der Waals surface area contributed by atoms with Crippen LogP contribution in [0.25, 0.3) is 0 Å². The Morgan fingerprint density at radius 2 is 2.00 bits per heavy atom. The van der Waals surface area contributed by atoms with E-state index >= 15 is 0 Å². The lowest BCUT2D eigenvalue weighted by molar-refractivity contribution is -0.133. The van der Waals surface area contributed by atoms with E-state index in [2.05, 4.69) is 5.32 Å². The van der Waals surface area contributed by atoms with Crippen LogP contribution in [0, 0.1) is 0 Å². The third kappa shape index (κ3) is 5.02. The minimum atomic E-state index is -1.05. The van der Waals surface area contributed by atoms with Crippen molar-refractivity contribution in [3.63, 3.8) is 0 Å². The van der Waals surface area contributed by atoms with Gasteiger partial charge in [0.05, 0.1) is 12.1 Å². The number of rotatable bonds is 8. The second kappa shape index (κ2) is 9.00. The molecule has 0 aromatic heterocycles. The van der Waals surface area contributed by atoms with Crippen molar-refractivity contribution in [2.24, 2.45) is 5.73 Å². The molecule has 1 rings (SSSR count). The summed E-state index contributed by atoms with van der Waals surface area (Å²) in [4.78, 5) is 23.1. The molecule has 1 amide bonds. The largest absolute Gasteiger partial charge is 0.478 e. The maximum Gasteiger partial charge on any atom is 0.331 e. The lowest BCUT2D eigenvalue weighted by Gasteiger charge is -2.40. The molecule has 23 heavy (non-hydrogen) atoms. The lowest BCUT2D eigenvalue weighted by Crippen LogP contribution is -2.58. The van der Waals surface area contributed by atoms with Crippen molar-refractivity contribution >= 4 is 11.9 Å². The van der Waals surface area contributed by atoms with Gasteiger partial charge in [-0.3, -0.25) is 4.79 Å². The molecule has 1 aliphatic carbocycles. The van der Waals surface area contributed by atoms with Gasteiger partial charge >= 0.3 is 5.97 Å². The fourth-order valence-corrected chi connectivity index (χ4v) is 3.02. The molecule has 0 aliphatic heterocycles. The summed E-state index contributed by atoms with van der Waals surface area (Å²) in [6.07, 6.45) is 1.16. The highest BCUT2D eigenvalue weighted by Gasteiger charge is 2.40. The predicted molar refractivity (Wildman–Crippen MR) is 85.8 cm³/mol. The maximum absolute atomic E-state index is 11.5. The van der Waals surface area contributed by atoms with Crippen LogP contribution >= 0.6 is 0 Å². The van der Waals surface area contributed by atoms with Crippen molar-refractivity contribution in [2.75, 3.05) is 6.61 Å². The van der Waals surface area contributed by atoms with E-state index in [0.717, 1.165) is 12.8 Å². The van der Waals surface area contributed by atoms with Crippen molar-refractivity contribution in [1.29, 1.82) is 0 Å². The lowest BCUT2D eigenvalue weighted by atomic mass is 9.81. The van der Waals surface area contributed by atoms with E-state index in [4.69, 9.17) is 10.5 Å². The molecule has 0 fully saturated rings. The zero-order valence-electron chi connectivity index (χ0n) is 14.0. The summed E-state index contributed by atoms with van der Waals surface area (Å²) in [5.74, 6) is -1.30. The molecule has 0 unspecified atom stereocenters. The number of hydrogen-bond acceptors (Lipinski definition) is 5. The number of carboxylic acid groups (broad SMARTS) is 1. The van der Waals surface area contributed by atoms with E-state index in [1.165, 1.54) is 6.92 Å². The topological polar surface area (TPSA) is 122 Å². The number of carboxylic acids is 1. The van der Waals surface area contributed by atoms with Crippen molar-refractivity contribution in [1.82, 2.24) is 5.32 Å². The number of amides is 1. The van der Waals surface area contributed by atoms with Crippen LogP contribution in [0.15, 0.2) is 11.1 Å². The first-order chi connectivity index (χ1) is 10.8. The van der Waals surface area contributed by atoms with Crippen LogP contribution < -0.4 is 11.1 Å². The molecule has 7 nitrogen and oxygen atoms in total. The second-order valence-corrected chi connectivity index (χ2v) is 5.87. The van der Waals surface area contributed by atoms with E-state index in [1.54, 1.807) is 0 Å². The standard InChI is InChI=1S/C16H28N2O5/c1-4-10(5-2)23-15-11(6-7-19)12(16(21)22)8-13(17)14(15)18-9(3)20/h10,13-15,19H,4-8,17H2,1-3H3,(H,18,20)(H,21,22)/t13-,14+,15+/m0/s1. The Morgan fingerprint density at radius 1 is 1.39 bits per heavy atom. The molecule has 3 atom stereocenters. The second-order valence-electron chi connectivity index (χ2n) is 5.87. The molecule has 0 aromatic carbocycles. The number of aliphatic carboxylic acids is 1. The minimum absolute atomic E-state index is 0.0645. The fourth-order valence-electron chi connectivity index (χ4n) is 3.02. The van der Waals surface area contributed by atoms with E-state index in [-0.39, 0.29) is 37.0 Å². The van der Waals surface area contributed by atoms with Gasteiger partial charge in [0.15, 0.2) is 0 Å². The van der Waals surface area contributed by atoms with Gasteiger partial charge in [0.1, 0.15) is 6.10 Å². The van der Waals surface area contributed by atoms with Gasteiger partial charge in [0.25, 0.3) is 0 Å². The highest BCUT2D eigenvalue weighted by Crippen LogP contribution is 2.31. The molecule has 0 heterocycles. The molecule has 0 saturated carbocycles. The van der Waals surface area contributed by atoms with Gasteiger partial charge < -0.3 is 26.0 Å². The normalized spacial score (nSPS) is 24.9. The van der Waals surface area contributed by atoms with Crippen molar-refractivity contribution in [3.8, 4) is 0 Å². The summed E-state index contributed by atoms with van der Waals surface area (Å²) in [6, 6.07) is -1.05. The number of aliphatic hydroxyl groups excluding tert-OH is 1.